The first kappa shape index (κ1) is 14.0. The van der Waals surface area contributed by atoms with Gasteiger partial charge in [-0.25, -0.2) is 0 Å². The van der Waals surface area contributed by atoms with Gasteiger partial charge in [-0.15, -0.1) is 0 Å². The summed E-state index contributed by atoms with van der Waals surface area (Å²) in [6, 6.07) is 4.37. The molecule has 0 spiro atoms. The van der Waals surface area contributed by atoms with Gasteiger partial charge >= 0.3 is 6.18 Å². The quantitative estimate of drug-likeness (QED) is 0.467. The number of ketones is 1. The van der Waals surface area contributed by atoms with E-state index in [-0.39, 0.29) is 5.56 Å². The van der Waals surface area contributed by atoms with Crippen LogP contribution in [0.2, 0.25) is 0 Å². The Bertz CT molecular complexity index is 500. The molecule has 0 saturated carbocycles. The van der Waals surface area contributed by atoms with Crippen molar-refractivity contribution in [2.75, 3.05) is 0 Å². The van der Waals surface area contributed by atoms with Gasteiger partial charge in [0.2, 0.25) is 0 Å². The molecule has 0 atom stereocenters. The van der Waals surface area contributed by atoms with Gasteiger partial charge in [0, 0.05) is 5.57 Å². The zero-order chi connectivity index (χ0) is 13.9. The van der Waals surface area contributed by atoms with Crippen molar-refractivity contribution in [1.82, 2.24) is 0 Å². The molecule has 18 heavy (non-hydrogen) atoms. The van der Waals surface area contributed by atoms with E-state index >= 15 is 0 Å². The van der Waals surface area contributed by atoms with Crippen molar-refractivity contribution in [3.63, 3.8) is 0 Å². The summed E-state index contributed by atoms with van der Waals surface area (Å²) in [4.78, 5) is 21.6. The van der Waals surface area contributed by atoms with Gasteiger partial charge in [-0.05, 0) is 24.6 Å². The second-order valence-electron chi connectivity index (χ2n) is 3.49. The van der Waals surface area contributed by atoms with Crippen LogP contribution < -0.4 is 5.11 Å². The number of carboxylic acids is 1. The van der Waals surface area contributed by atoms with E-state index in [1.54, 1.807) is 0 Å². The number of carbonyl (C=O) groups excluding carboxylic acids is 2. The fourth-order valence-electron chi connectivity index (χ4n) is 1.34. The molecule has 0 aliphatic heterocycles. The lowest BCUT2D eigenvalue weighted by Crippen LogP contribution is -2.27. The van der Waals surface area contributed by atoms with Gasteiger partial charge in [0.1, 0.15) is 0 Å². The molecular formula is C12H8F3O3-. The van der Waals surface area contributed by atoms with Crippen molar-refractivity contribution in [1.29, 1.82) is 0 Å². The van der Waals surface area contributed by atoms with E-state index in [1.807, 2.05) is 0 Å². The van der Waals surface area contributed by atoms with Gasteiger partial charge in [0.15, 0.2) is 5.78 Å². The van der Waals surface area contributed by atoms with Crippen LogP contribution in [0.5, 0.6) is 0 Å². The zero-order valence-electron chi connectivity index (χ0n) is 9.25. The largest absolute Gasteiger partial charge is 0.545 e. The topological polar surface area (TPSA) is 57.2 Å². The molecule has 3 nitrogen and oxygen atoms in total. The second kappa shape index (κ2) is 5.03. The molecule has 0 heterocycles. The highest BCUT2D eigenvalue weighted by Gasteiger charge is 2.32. The SMILES string of the molecule is CC(=O)/C(=C\c1ccccc1C(F)(F)F)C(=O)[O-]. The number of rotatable bonds is 3. The Hall–Kier alpha value is -2.11. The summed E-state index contributed by atoms with van der Waals surface area (Å²) in [5.74, 6) is -2.67. The highest BCUT2D eigenvalue weighted by atomic mass is 19.4. The molecular weight excluding hydrogens is 249 g/mol. The second-order valence-corrected chi connectivity index (χ2v) is 3.49. The summed E-state index contributed by atoms with van der Waals surface area (Å²) in [6.45, 7) is 0.942. The molecule has 6 heteroatoms. The van der Waals surface area contributed by atoms with E-state index in [2.05, 4.69) is 0 Å². The molecule has 0 saturated heterocycles. The van der Waals surface area contributed by atoms with E-state index in [9.17, 15) is 27.9 Å². The highest BCUT2D eigenvalue weighted by Crippen LogP contribution is 2.32. The first-order valence-corrected chi connectivity index (χ1v) is 4.83. The molecule has 0 aliphatic carbocycles. The monoisotopic (exact) mass is 257 g/mol. The number of aliphatic carboxylic acids is 1. The van der Waals surface area contributed by atoms with E-state index in [0.717, 1.165) is 19.1 Å². The fraction of sp³-hybridized carbons (Fsp3) is 0.167. The van der Waals surface area contributed by atoms with E-state index in [4.69, 9.17) is 0 Å². The normalized spacial score (nSPS) is 12.3. The lowest BCUT2D eigenvalue weighted by molar-refractivity contribution is -0.298. The number of carbonyl (C=O) groups is 2. The van der Waals surface area contributed by atoms with Crippen molar-refractivity contribution in [3.8, 4) is 0 Å². The number of hydrogen-bond acceptors (Lipinski definition) is 3. The molecule has 0 unspecified atom stereocenters. The van der Waals surface area contributed by atoms with Crippen LogP contribution in [0.3, 0.4) is 0 Å². The van der Waals surface area contributed by atoms with Crippen molar-refractivity contribution < 1.29 is 27.9 Å². The smallest absolute Gasteiger partial charge is 0.416 e. The van der Waals surface area contributed by atoms with Gasteiger partial charge in [0.25, 0.3) is 0 Å². The Morgan fingerprint density at radius 3 is 2.22 bits per heavy atom. The van der Waals surface area contributed by atoms with Crippen LogP contribution in [0.15, 0.2) is 29.8 Å². The molecule has 0 aliphatic rings. The van der Waals surface area contributed by atoms with Crippen LogP contribution in [0, 0.1) is 0 Å². The Kier molecular flexibility index (Phi) is 3.90. The Morgan fingerprint density at radius 1 is 1.22 bits per heavy atom. The summed E-state index contributed by atoms with van der Waals surface area (Å²) in [7, 11) is 0. The van der Waals surface area contributed by atoms with Crippen LogP contribution in [-0.2, 0) is 15.8 Å². The van der Waals surface area contributed by atoms with Gasteiger partial charge in [-0.1, -0.05) is 18.2 Å². The van der Waals surface area contributed by atoms with Gasteiger partial charge in [0.05, 0.1) is 11.5 Å². The maximum atomic E-state index is 12.6. The van der Waals surface area contributed by atoms with Crippen LogP contribution in [-0.4, -0.2) is 11.8 Å². The van der Waals surface area contributed by atoms with Crippen molar-refractivity contribution in [2.45, 2.75) is 13.1 Å². The number of benzene rings is 1. The van der Waals surface area contributed by atoms with Crippen LogP contribution in [0.4, 0.5) is 13.2 Å². The average molecular weight is 257 g/mol. The summed E-state index contributed by atoms with van der Waals surface area (Å²) in [5.41, 5.74) is -2.20. The van der Waals surface area contributed by atoms with Gasteiger partial charge < -0.3 is 9.90 Å². The third kappa shape index (κ3) is 3.19. The maximum absolute atomic E-state index is 12.6. The predicted octanol–water partition coefficient (Wildman–Crippen LogP) is 1.43. The number of halogens is 3. The summed E-state index contributed by atoms with van der Waals surface area (Å²) >= 11 is 0. The van der Waals surface area contributed by atoms with E-state index in [0.29, 0.717) is 6.08 Å². The highest BCUT2D eigenvalue weighted by molar-refractivity contribution is 6.18. The Balaban J connectivity index is 3.38. The maximum Gasteiger partial charge on any atom is 0.416 e. The average Bonchev–Trinajstić information content (AvgIpc) is 2.24. The summed E-state index contributed by atoms with van der Waals surface area (Å²) < 4.78 is 37.9. The van der Waals surface area contributed by atoms with Crippen LogP contribution in [0.25, 0.3) is 6.08 Å². The zero-order valence-corrected chi connectivity index (χ0v) is 9.25. The summed E-state index contributed by atoms with van der Waals surface area (Å²) in [5, 5.41) is 10.6. The lowest BCUT2D eigenvalue weighted by atomic mass is 10.0. The third-order valence-electron chi connectivity index (χ3n) is 2.17. The molecule has 1 aromatic rings. The predicted molar refractivity (Wildman–Crippen MR) is 55.1 cm³/mol. The first-order valence-electron chi connectivity index (χ1n) is 4.83. The van der Waals surface area contributed by atoms with Crippen molar-refractivity contribution >= 4 is 17.8 Å². The number of hydrogen-bond donors (Lipinski definition) is 0. The number of alkyl halides is 3. The fourth-order valence-corrected chi connectivity index (χ4v) is 1.34. The minimum absolute atomic E-state index is 0.389. The minimum atomic E-state index is -4.62. The molecule has 1 aromatic carbocycles. The molecule has 1 rings (SSSR count). The molecule has 0 bridgehead atoms. The van der Waals surface area contributed by atoms with E-state index < -0.39 is 29.1 Å². The van der Waals surface area contributed by atoms with E-state index in [1.165, 1.54) is 12.1 Å². The Morgan fingerprint density at radius 2 is 1.78 bits per heavy atom. The molecule has 0 amide bonds. The molecule has 96 valence electrons. The third-order valence-corrected chi connectivity index (χ3v) is 2.17. The minimum Gasteiger partial charge on any atom is -0.545 e. The standard InChI is InChI=1S/C12H9F3O3/c1-7(16)9(11(17)18)6-8-4-2-3-5-10(8)12(13,14)15/h2-6H,1H3,(H,17,18)/p-1/b9-6+. The van der Waals surface area contributed by atoms with Crippen LogP contribution >= 0.6 is 0 Å². The van der Waals surface area contributed by atoms with Crippen molar-refractivity contribution in [3.05, 3.63) is 41.0 Å². The first-order chi connectivity index (χ1) is 8.23. The lowest BCUT2D eigenvalue weighted by Gasteiger charge is -2.11. The number of Topliss-reactive ketones (excluding diaryl/α,β-unsaturated/α-hetero) is 1. The van der Waals surface area contributed by atoms with Gasteiger partial charge in [-0.3, -0.25) is 4.79 Å². The molecule has 0 radical (unpaired) electrons. The summed E-state index contributed by atoms with van der Waals surface area (Å²) in [6.07, 6.45) is -3.96. The van der Waals surface area contributed by atoms with Gasteiger partial charge in [-0.2, -0.15) is 13.2 Å². The molecule has 0 aromatic heterocycles. The molecule has 0 N–H and O–H groups in total. The Labute approximate surface area is 101 Å². The van der Waals surface area contributed by atoms with Crippen LogP contribution in [0.1, 0.15) is 18.1 Å². The number of carboxylic acid groups (broad SMARTS) is 1. The van der Waals surface area contributed by atoms with Crippen molar-refractivity contribution in [2.24, 2.45) is 0 Å². The molecule has 0 fully saturated rings.